The van der Waals surface area contributed by atoms with Crippen LogP contribution in [0, 0.1) is 0 Å². The van der Waals surface area contributed by atoms with Crippen LogP contribution in [0.25, 0.3) is 5.57 Å². The standard InChI is InChI=1S/C17H25FN2O4/c1-22-8-9-23-10-11-24-13-17(18)5-2-14(3-6-17)16-19-7-4-15(12-21)20-16/h2,4,7,21H,3,5-6,8-13H2,1H3/t17-/m1/s1. The van der Waals surface area contributed by atoms with Gasteiger partial charge in [-0.05, 0) is 24.5 Å². The molecule has 0 saturated heterocycles. The van der Waals surface area contributed by atoms with Crippen LogP contribution >= 0.6 is 0 Å². The molecule has 0 aromatic carbocycles. The Balaban J connectivity index is 1.76. The minimum atomic E-state index is -1.36. The second kappa shape index (κ2) is 9.78. The third kappa shape index (κ3) is 5.90. The molecule has 7 heteroatoms. The number of aromatic nitrogens is 2. The topological polar surface area (TPSA) is 73.7 Å². The van der Waals surface area contributed by atoms with Crippen LogP contribution in [0.15, 0.2) is 18.3 Å². The van der Waals surface area contributed by atoms with Gasteiger partial charge in [0, 0.05) is 19.7 Å². The monoisotopic (exact) mass is 340 g/mol. The van der Waals surface area contributed by atoms with Gasteiger partial charge < -0.3 is 19.3 Å². The van der Waals surface area contributed by atoms with Gasteiger partial charge in [-0.1, -0.05) is 6.08 Å². The first-order chi connectivity index (χ1) is 11.7. The summed E-state index contributed by atoms with van der Waals surface area (Å²) in [6, 6.07) is 1.66. The van der Waals surface area contributed by atoms with Gasteiger partial charge in [0.05, 0.1) is 45.3 Å². The molecular formula is C17H25FN2O4. The maximum Gasteiger partial charge on any atom is 0.155 e. The summed E-state index contributed by atoms with van der Waals surface area (Å²) in [5, 5.41) is 9.13. The lowest BCUT2D eigenvalue weighted by molar-refractivity contribution is -0.0213. The summed E-state index contributed by atoms with van der Waals surface area (Å²) >= 11 is 0. The van der Waals surface area contributed by atoms with Gasteiger partial charge in [0.15, 0.2) is 5.82 Å². The van der Waals surface area contributed by atoms with E-state index in [0.717, 1.165) is 5.57 Å². The number of hydrogen-bond acceptors (Lipinski definition) is 6. The van der Waals surface area contributed by atoms with E-state index < -0.39 is 5.67 Å². The Bertz CT molecular complexity index is 541. The van der Waals surface area contributed by atoms with Crippen molar-refractivity contribution in [3.05, 3.63) is 29.9 Å². The highest BCUT2D eigenvalue weighted by Crippen LogP contribution is 2.34. The van der Waals surface area contributed by atoms with Gasteiger partial charge in [-0.15, -0.1) is 0 Å². The predicted molar refractivity (Wildman–Crippen MR) is 87.1 cm³/mol. The van der Waals surface area contributed by atoms with Crippen molar-refractivity contribution in [2.24, 2.45) is 0 Å². The number of nitrogens with zero attached hydrogens (tertiary/aromatic N) is 2. The summed E-state index contributed by atoms with van der Waals surface area (Å²) in [6.45, 7) is 1.79. The van der Waals surface area contributed by atoms with Crippen molar-refractivity contribution in [2.75, 3.05) is 40.1 Å². The Morgan fingerprint density at radius 2 is 2.04 bits per heavy atom. The van der Waals surface area contributed by atoms with E-state index in [-0.39, 0.29) is 19.6 Å². The fourth-order valence-corrected chi connectivity index (χ4v) is 2.46. The third-order valence-corrected chi connectivity index (χ3v) is 3.88. The molecule has 1 aromatic rings. The highest BCUT2D eigenvalue weighted by atomic mass is 19.1. The summed E-state index contributed by atoms with van der Waals surface area (Å²) in [7, 11) is 1.61. The first-order valence-corrected chi connectivity index (χ1v) is 8.12. The molecule has 24 heavy (non-hydrogen) atoms. The van der Waals surface area contributed by atoms with Crippen molar-refractivity contribution in [3.8, 4) is 0 Å². The Labute approximate surface area is 141 Å². The molecule has 0 bridgehead atoms. The number of hydrogen-bond donors (Lipinski definition) is 1. The zero-order valence-electron chi connectivity index (χ0n) is 14.0. The molecule has 0 fully saturated rings. The highest BCUT2D eigenvalue weighted by Gasteiger charge is 2.32. The van der Waals surface area contributed by atoms with E-state index in [4.69, 9.17) is 19.3 Å². The van der Waals surface area contributed by atoms with Crippen LogP contribution in [-0.2, 0) is 20.8 Å². The van der Waals surface area contributed by atoms with E-state index in [1.54, 1.807) is 19.4 Å². The lowest BCUT2D eigenvalue weighted by Gasteiger charge is -2.28. The number of aliphatic hydroxyl groups is 1. The van der Waals surface area contributed by atoms with Gasteiger partial charge >= 0.3 is 0 Å². The zero-order valence-corrected chi connectivity index (χ0v) is 14.0. The summed E-state index contributed by atoms with van der Waals surface area (Å²) in [4.78, 5) is 8.46. The van der Waals surface area contributed by atoms with Crippen LogP contribution in [0.4, 0.5) is 4.39 Å². The van der Waals surface area contributed by atoms with Crippen LogP contribution in [0.5, 0.6) is 0 Å². The van der Waals surface area contributed by atoms with E-state index in [1.807, 2.05) is 6.08 Å². The van der Waals surface area contributed by atoms with Crippen molar-refractivity contribution >= 4 is 5.57 Å². The molecule has 0 saturated carbocycles. The summed E-state index contributed by atoms with van der Waals surface area (Å²) in [5.41, 5.74) is 0.126. The normalized spacial score (nSPS) is 20.9. The van der Waals surface area contributed by atoms with Gasteiger partial charge in [-0.25, -0.2) is 14.4 Å². The van der Waals surface area contributed by atoms with Crippen molar-refractivity contribution in [1.29, 1.82) is 0 Å². The molecule has 0 amide bonds. The smallest absolute Gasteiger partial charge is 0.155 e. The SMILES string of the molecule is COCCOCCOC[C@@]1(F)CC=C(c2nccc(CO)n2)CC1. The molecule has 1 atom stereocenters. The molecule has 0 aliphatic heterocycles. The van der Waals surface area contributed by atoms with Crippen molar-refractivity contribution in [3.63, 3.8) is 0 Å². The molecule has 1 aromatic heterocycles. The fourth-order valence-electron chi connectivity index (χ4n) is 2.46. The number of halogens is 1. The highest BCUT2D eigenvalue weighted by molar-refractivity contribution is 5.61. The molecular weight excluding hydrogens is 315 g/mol. The Kier molecular flexibility index (Phi) is 7.71. The molecule has 134 valence electrons. The molecule has 0 unspecified atom stereocenters. The van der Waals surface area contributed by atoms with Crippen LogP contribution < -0.4 is 0 Å². The number of allylic oxidation sites excluding steroid dienone is 2. The van der Waals surface area contributed by atoms with E-state index >= 15 is 0 Å². The number of methoxy groups -OCH3 is 1. The van der Waals surface area contributed by atoms with E-state index in [0.29, 0.717) is 50.8 Å². The molecule has 6 nitrogen and oxygen atoms in total. The Morgan fingerprint density at radius 3 is 2.75 bits per heavy atom. The van der Waals surface area contributed by atoms with Crippen LogP contribution in [0.2, 0.25) is 0 Å². The van der Waals surface area contributed by atoms with Crippen LogP contribution in [0.3, 0.4) is 0 Å². The molecule has 1 aliphatic rings. The number of alkyl halides is 1. The van der Waals surface area contributed by atoms with Crippen molar-refractivity contribution < 1.29 is 23.7 Å². The fraction of sp³-hybridized carbons (Fsp3) is 0.647. The minimum absolute atomic E-state index is 0.0575. The average Bonchev–Trinajstić information content (AvgIpc) is 2.61. The second-order valence-corrected chi connectivity index (χ2v) is 5.77. The summed E-state index contributed by atoms with van der Waals surface area (Å²) in [6.07, 6.45) is 4.64. The molecule has 2 rings (SSSR count). The number of rotatable bonds is 10. The van der Waals surface area contributed by atoms with E-state index in [1.165, 1.54) is 0 Å². The van der Waals surface area contributed by atoms with Gasteiger partial charge in [-0.2, -0.15) is 0 Å². The third-order valence-electron chi connectivity index (χ3n) is 3.88. The Hall–Kier alpha value is -1.41. The van der Waals surface area contributed by atoms with Crippen molar-refractivity contribution in [1.82, 2.24) is 9.97 Å². The summed E-state index contributed by atoms with van der Waals surface area (Å²) < 4.78 is 30.3. The zero-order chi connectivity index (χ0) is 17.3. The first-order valence-electron chi connectivity index (χ1n) is 8.12. The predicted octanol–water partition coefficient (Wildman–Crippen LogP) is 1.92. The van der Waals surface area contributed by atoms with Gasteiger partial charge in [0.1, 0.15) is 5.67 Å². The largest absolute Gasteiger partial charge is 0.390 e. The number of aliphatic hydroxyl groups excluding tert-OH is 1. The lowest BCUT2D eigenvalue weighted by atomic mass is 9.87. The van der Waals surface area contributed by atoms with Gasteiger partial charge in [-0.3, -0.25) is 0 Å². The Morgan fingerprint density at radius 1 is 1.25 bits per heavy atom. The minimum Gasteiger partial charge on any atom is -0.390 e. The quantitative estimate of drug-likeness (QED) is 0.656. The molecule has 1 N–H and O–H groups in total. The maximum absolute atomic E-state index is 14.7. The number of ether oxygens (including phenoxy) is 3. The molecule has 0 radical (unpaired) electrons. The van der Waals surface area contributed by atoms with Gasteiger partial charge in [0.2, 0.25) is 0 Å². The van der Waals surface area contributed by atoms with Gasteiger partial charge in [0.25, 0.3) is 0 Å². The summed E-state index contributed by atoms with van der Waals surface area (Å²) in [5.74, 6) is 0.566. The molecule has 1 aliphatic carbocycles. The maximum atomic E-state index is 14.7. The van der Waals surface area contributed by atoms with E-state index in [9.17, 15) is 4.39 Å². The average molecular weight is 340 g/mol. The molecule has 1 heterocycles. The van der Waals surface area contributed by atoms with Crippen molar-refractivity contribution in [2.45, 2.75) is 31.5 Å². The van der Waals surface area contributed by atoms with Crippen LogP contribution in [-0.4, -0.2) is 60.9 Å². The second-order valence-electron chi connectivity index (χ2n) is 5.77. The first kappa shape index (κ1) is 18.9. The van der Waals surface area contributed by atoms with Crippen LogP contribution in [0.1, 0.15) is 30.8 Å². The van der Waals surface area contributed by atoms with E-state index in [2.05, 4.69) is 9.97 Å². The molecule has 0 spiro atoms. The lowest BCUT2D eigenvalue weighted by Crippen LogP contribution is -2.32.